The van der Waals surface area contributed by atoms with Crippen LogP contribution in [-0.2, 0) is 0 Å². The molecular formula is C20H25IN4O2. The summed E-state index contributed by atoms with van der Waals surface area (Å²) in [6.07, 6.45) is 8.12. The summed E-state index contributed by atoms with van der Waals surface area (Å²) < 4.78 is 1.11. The summed E-state index contributed by atoms with van der Waals surface area (Å²) in [5.74, 6) is 8.68. The van der Waals surface area contributed by atoms with Gasteiger partial charge in [0.05, 0.1) is 0 Å². The van der Waals surface area contributed by atoms with E-state index in [0.717, 1.165) is 9.13 Å². The van der Waals surface area contributed by atoms with Crippen molar-refractivity contribution >= 4 is 34.2 Å². The van der Waals surface area contributed by atoms with Crippen LogP contribution in [0.15, 0.2) is 36.7 Å². The zero-order valence-electron chi connectivity index (χ0n) is 15.9. The lowest BCUT2D eigenvalue weighted by Gasteiger charge is -2.05. The third-order valence-corrected chi connectivity index (χ3v) is 3.04. The van der Waals surface area contributed by atoms with Crippen LogP contribution in [0.4, 0.5) is 11.6 Å². The molecule has 7 heteroatoms. The molecule has 2 aromatic heterocycles. The fourth-order valence-corrected chi connectivity index (χ4v) is 1.41. The van der Waals surface area contributed by atoms with Gasteiger partial charge in [-0.1, -0.05) is 17.8 Å². The van der Waals surface area contributed by atoms with Crippen LogP contribution in [0.3, 0.4) is 0 Å². The molecule has 0 unspecified atom stereocenters. The summed E-state index contributed by atoms with van der Waals surface area (Å²) in [5.41, 5.74) is 9.56. The number of hydrogen-bond acceptors (Lipinski definition) is 6. The average molecular weight is 480 g/mol. The van der Waals surface area contributed by atoms with E-state index >= 15 is 0 Å². The zero-order valence-corrected chi connectivity index (χ0v) is 18.0. The molecule has 144 valence electrons. The highest BCUT2D eigenvalue weighted by Gasteiger charge is 2.05. The van der Waals surface area contributed by atoms with E-state index in [1.165, 1.54) is 0 Å². The maximum absolute atomic E-state index is 9.31. The van der Waals surface area contributed by atoms with Gasteiger partial charge < -0.3 is 21.7 Å². The third kappa shape index (κ3) is 15.6. The minimum absolute atomic E-state index is 0.466. The second-order valence-corrected chi connectivity index (χ2v) is 7.63. The quantitative estimate of drug-likeness (QED) is 0.340. The van der Waals surface area contributed by atoms with Gasteiger partial charge in [0.1, 0.15) is 22.8 Å². The summed E-state index contributed by atoms with van der Waals surface area (Å²) in [6.45, 7) is 6.38. The van der Waals surface area contributed by atoms with E-state index in [0.29, 0.717) is 11.6 Å². The molecule has 2 rings (SSSR count). The first-order valence-electron chi connectivity index (χ1n) is 7.86. The highest BCUT2D eigenvalue weighted by atomic mass is 127. The molecule has 2 aromatic rings. The summed E-state index contributed by atoms with van der Waals surface area (Å²) >= 11 is 2.18. The van der Waals surface area contributed by atoms with Crippen LogP contribution in [0.25, 0.3) is 0 Å². The number of rotatable bonds is 0. The number of hydrogen-bond donors (Lipinski definition) is 4. The summed E-state index contributed by atoms with van der Waals surface area (Å²) in [5, 5.41) is 17.9. The van der Waals surface area contributed by atoms with E-state index in [2.05, 4.69) is 50.3 Å². The van der Waals surface area contributed by atoms with Crippen LogP contribution in [0.2, 0.25) is 0 Å². The Morgan fingerprint density at radius 1 is 0.926 bits per heavy atom. The van der Waals surface area contributed by atoms with Crippen molar-refractivity contribution in [2.24, 2.45) is 0 Å². The van der Waals surface area contributed by atoms with Gasteiger partial charge in [0.15, 0.2) is 0 Å². The number of nitrogens with two attached hydrogens (primary N) is 2. The number of halogens is 1. The van der Waals surface area contributed by atoms with Crippen LogP contribution in [0.5, 0.6) is 0 Å². The number of nitrogen functional groups attached to an aromatic ring is 2. The van der Waals surface area contributed by atoms with Crippen molar-refractivity contribution < 1.29 is 10.2 Å². The molecule has 6 nitrogen and oxygen atoms in total. The van der Waals surface area contributed by atoms with E-state index in [9.17, 15) is 5.11 Å². The fourth-order valence-electron chi connectivity index (χ4n) is 1.09. The average Bonchev–Trinajstić information content (AvgIpc) is 2.57. The molecule has 0 aromatic carbocycles. The van der Waals surface area contributed by atoms with Crippen LogP contribution in [-0.4, -0.2) is 31.4 Å². The molecule has 0 spiro atoms. The van der Waals surface area contributed by atoms with Gasteiger partial charge in [0.25, 0.3) is 0 Å². The van der Waals surface area contributed by atoms with E-state index in [1.807, 2.05) is 6.07 Å². The number of anilines is 2. The molecule has 0 aliphatic heterocycles. The topological polar surface area (TPSA) is 118 Å². The van der Waals surface area contributed by atoms with Gasteiger partial charge in [-0.3, -0.25) is 0 Å². The Morgan fingerprint density at radius 3 is 1.70 bits per heavy atom. The highest BCUT2D eigenvalue weighted by Crippen LogP contribution is 2.03. The van der Waals surface area contributed by atoms with Crippen molar-refractivity contribution in [2.75, 3.05) is 11.5 Å². The molecule has 0 radical (unpaired) electrons. The SMILES string of the molecule is C#CC(C)(C)O.CC(C)(O)C#Cc1ccc(N)nc1.Nc1ccc(I)cn1. The van der Waals surface area contributed by atoms with Gasteiger partial charge in [0, 0.05) is 21.5 Å². The van der Waals surface area contributed by atoms with E-state index in [4.69, 9.17) is 23.0 Å². The first-order chi connectivity index (χ1) is 12.3. The molecule has 0 aliphatic rings. The Balaban J connectivity index is 0.000000413. The molecule has 2 heterocycles. The molecule has 27 heavy (non-hydrogen) atoms. The number of aromatic nitrogens is 2. The molecule has 0 aliphatic carbocycles. The first kappa shape index (κ1) is 24.7. The summed E-state index contributed by atoms with van der Waals surface area (Å²) in [4.78, 5) is 7.72. The summed E-state index contributed by atoms with van der Waals surface area (Å²) in [7, 11) is 0. The van der Waals surface area contributed by atoms with Gasteiger partial charge in [0.2, 0.25) is 0 Å². The second kappa shape index (κ2) is 11.4. The van der Waals surface area contributed by atoms with Crippen molar-refractivity contribution in [2.45, 2.75) is 38.9 Å². The minimum atomic E-state index is -0.971. The molecule has 0 bridgehead atoms. The number of terminal acetylenes is 1. The minimum Gasteiger partial charge on any atom is -0.384 e. The van der Waals surface area contributed by atoms with E-state index < -0.39 is 11.2 Å². The van der Waals surface area contributed by atoms with Gasteiger partial charge in [-0.05, 0) is 74.6 Å². The Labute approximate surface area is 174 Å². The Kier molecular flexibility index (Phi) is 10.4. The lowest BCUT2D eigenvalue weighted by atomic mass is 10.1. The van der Waals surface area contributed by atoms with Crippen LogP contribution in [0, 0.1) is 27.8 Å². The highest BCUT2D eigenvalue weighted by molar-refractivity contribution is 14.1. The lowest BCUT2D eigenvalue weighted by molar-refractivity contribution is 0.143. The van der Waals surface area contributed by atoms with Gasteiger partial charge >= 0.3 is 0 Å². The van der Waals surface area contributed by atoms with E-state index in [1.54, 1.807) is 58.3 Å². The molecule has 0 saturated carbocycles. The number of aliphatic hydroxyl groups is 2. The van der Waals surface area contributed by atoms with Crippen molar-refractivity contribution in [1.82, 2.24) is 9.97 Å². The standard InChI is InChI=1S/C10H12N2O.C5H5IN2.C5H8O/c1-10(2,13)6-5-8-3-4-9(11)12-7-8;6-4-1-2-5(7)8-3-4;1-4-5(2,3)6/h3-4,7,13H,1-2H3,(H2,11,12);1-3H,(H2,7,8);1,6H,2-3H3. The zero-order chi connectivity index (χ0) is 21.1. The molecule has 0 atom stereocenters. The van der Waals surface area contributed by atoms with Crippen LogP contribution in [0.1, 0.15) is 33.3 Å². The Morgan fingerprint density at radius 2 is 1.41 bits per heavy atom. The molecule has 6 N–H and O–H groups in total. The molecule has 0 amide bonds. The second-order valence-electron chi connectivity index (χ2n) is 6.39. The fraction of sp³-hybridized carbons (Fsp3) is 0.300. The van der Waals surface area contributed by atoms with Crippen molar-refractivity contribution in [1.29, 1.82) is 0 Å². The van der Waals surface area contributed by atoms with Crippen LogP contribution >= 0.6 is 22.6 Å². The monoisotopic (exact) mass is 480 g/mol. The normalized spacial score (nSPS) is 10.0. The maximum atomic E-state index is 9.31. The predicted molar refractivity (Wildman–Crippen MR) is 118 cm³/mol. The third-order valence-electron chi connectivity index (χ3n) is 2.40. The van der Waals surface area contributed by atoms with Crippen molar-refractivity contribution in [3.63, 3.8) is 0 Å². The van der Waals surface area contributed by atoms with Gasteiger partial charge in [-0.15, -0.1) is 6.42 Å². The largest absolute Gasteiger partial charge is 0.384 e. The van der Waals surface area contributed by atoms with Gasteiger partial charge in [-0.25, -0.2) is 9.97 Å². The van der Waals surface area contributed by atoms with Crippen molar-refractivity contribution in [3.8, 4) is 24.2 Å². The number of pyridine rings is 2. The van der Waals surface area contributed by atoms with Crippen molar-refractivity contribution in [3.05, 3.63) is 45.8 Å². The molecule has 0 saturated heterocycles. The first-order valence-corrected chi connectivity index (χ1v) is 8.94. The van der Waals surface area contributed by atoms with Crippen LogP contribution < -0.4 is 11.5 Å². The Bertz CT molecular complexity index is 767. The maximum Gasteiger partial charge on any atom is 0.123 e. The van der Waals surface area contributed by atoms with Gasteiger partial charge in [-0.2, -0.15) is 0 Å². The molecular weight excluding hydrogens is 455 g/mol. The van der Waals surface area contributed by atoms with E-state index in [-0.39, 0.29) is 0 Å². The Hall–Kier alpha value is -2.33. The lowest BCUT2D eigenvalue weighted by Crippen LogP contribution is -2.14. The molecule has 0 fully saturated rings. The number of nitrogens with zero attached hydrogens (tertiary/aromatic N) is 2. The smallest absolute Gasteiger partial charge is 0.123 e. The predicted octanol–water partition coefficient (Wildman–Crippen LogP) is 2.45. The summed E-state index contributed by atoms with van der Waals surface area (Å²) in [6, 6.07) is 7.14.